The van der Waals surface area contributed by atoms with Gasteiger partial charge in [0.15, 0.2) is 0 Å². The number of aliphatic hydroxyl groups is 1. The lowest BCUT2D eigenvalue weighted by atomic mass is 10.3. The molecule has 2 rings (SSSR count). The van der Waals surface area contributed by atoms with Crippen LogP contribution in [0, 0.1) is 6.92 Å². The zero-order valence-electron chi connectivity index (χ0n) is 9.67. The number of morpholine rings is 1. The SMILES string of the molecule is Cc1nccn1CCN1CCOC(CO)C1. The molecule has 0 saturated carbocycles. The summed E-state index contributed by atoms with van der Waals surface area (Å²) in [5.74, 6) is 1.05. The summed E-state index contributed by atoms with van der Waals surface area (Å²) >= 11 is 0. The zero-order chi connectivity index (χ0) is 11.4. The molecule has 1 aromatic heterocycles. The summed E-state index contributed by atoms with van der Waals surface area (Å²) in [6.07, 6.45) is 3.81. The Morgan fingerprint density at radius 2 is 2.44 bits per heavy atom. The van der Waals surface area contributed by atoms with Crippen molar-refractivity contribution in [3.8, 4) is 0 Å². The monoisotopic (exact) mass is 225 g/mol. The number of hydrogen-bond acceptors (Lipinski definition) is 4. The molecule has 5 heteroatoms. The largest absolute Gasteiger partial charge is 0.394 e. The van der Waals surface area contributed by atoms with Gasteiger partial charge in [0.25, 0.3) is 0 Å². The molecule has 16 heavy (non-hydrogen) atoms. The van der Waals surface area contributed by atoms with E-state index < -0.39 is 0 Å². The van der Waals surface area contributed by atoms with Crippen LogP contribution in [0.3, 0.4) is 0 Å². The lowest BCUT2D eigenvalue weighted by Crippen LogP contribution is -2.45. The Kier molecular flexibility index (Phi) is 3.93. The highest BCUT2D eigenvalue weighted by molar-refractivity contribution is 4.88. The second kappa shape index (κ2) is 5.43. The van der Waals surface area contributed by atoms with E-state index in [1.807, 2.05) is 19.3 Å². The Morgan fingerprint density at radius 1 is 1.56 bits per heavy atom. The van der Waals surface area contributed by atoms with Gasteiger partial charge in [-0.2, -0.15) is 0 Å². The highest BCUT2D eigenvalue weighted by Crippen LogP contribution is 2.05. The molecular weight excluding hydrogens is 206 g/mol. The second-order valence-electron chi connectivity index (χ2n) is 4.14. The van der Waals surface area contributed by atoms with Gasteiger partial charge in [0.05, 0.1) is 19.3 Å². The molecule has 1 saturated heterocycles. The Bertz CT molecular complexity index is 327. The number of nitrogens with zero attached hydrogens (tertiary/aromatic N) is 3. The van der Waals surface area contributed by atoms with Gasteiger partial charge in [-0.3, -0.25) is 4.90 Å². The fourth-order valence-corrected chi connectivity index (χ4v) is 1.98. The lowest BCUT2D eigenvalue weighted by Gasteiger charge is -2.32. The van der Waals surface area contributed by atoms with Crippen LogP contribution in [0.4, 0.5) is 0 Å². The molecule has 2 heterocycles. The van der Waals surface area contributed by atoms with Gasteiger partial charge in [-0.25, -0.2) is 4.98 Å². The number of imidazole rings is 1. The van der Waals surface area contributed by atoms with Crippen LogP contribution in [0.15, 0.2) is 12.4 Å². The minimum absolute atomic E-state index is 0.0161. The van der Waals surface area contributed by atoms with Crippen LogP contribution < -0.4 is 0 Å². The van der Waals surface area contributed by atoms with E-state index in [9.17, 15) is 0 Å². The van der Waals surface area contributed by atoms with E-state index in [1.54, 1.807) is 0 Å². The molecule has 0 bridgehead atoms. The lowest BCUT2D eigenvalue weighted by molar-refractivity contribution is -0.0533. The average molecular weight is 225 g/mol. The van der Waals surface area contributed by atoms with Crippen molar-refractivity contribution in [2.75, 3.05) is 32.8 Å². The van der Waals surface area contributed by atoms with Crippen LogP contribution in [-0.4, -0.2) is 58.5 Å². The first-order valence-electron chi connectivity index (χ1n) is 5.72. The molecule has 1 atom stereocenters. The molecule has 1 aromatic rings. The van der Waals surface area contributed by atoms with Gasteiger partial charge in [0, 0.05) is 38.6 Å². The van der Waals surface area contributed by atoms with Crippen molar-refractivity contribution in [1.82, 2.24) is 14.5 Å². The van der Waals surface area contributed by atoms with Crippen molar-refractivity contribution in [2.45, 2.75) is 19.6 Å². The van der Waals surface area contributed by atoms with Gasteiger partial charge in [-0.05, 0) is 6.92 Å². The summed E-state index contributed by atoms with van der Waals surface area (Å²) in [5.41, 5.74) is 0. The van der Waals surface area contributed by atoms with Gasteiger partial charge < -0.3 is 14.4 Å². The van der Waals surface area contributed by atoms with Gasteiger partial charge >= 0.3 is 0 Å². The molecule has 0 aromatic carbocycles. The van der Waals surface area contributed by atoms with Gasteiger partial charge in [0.1, 0.15) is 5.82 Å². The van der Waals surface area contributed by atoms with Crippen molar-refractivity contribution in [3.05, 3.63) is 18.2 Å². The first kappa shape index (κ1) is 11.6. The van der Waals surface area contributed by atoms with E-state index in [0.717, 1.165) is 32.0 Å². The van der Waals surface area contributed by atoms with Crippen LogP contribution in [-0.2, 0) is 11.3 Å². The number of hydrogen-bond donors (Lipinski definition) is 1. The Balaban J connectivity index is 1.79. The maximum Gasteiger partial charge on any atom is 0.105 e. The van der Waals surface area contributed by atoms with Gasteiger partial charge in [-0.15, -0.1) is 0 Å². The van der Waals surface area contributed by atoms with Crippen LogP contribution in [0.1, 0.15) is 5.82 Å². The molecule has 1 N–H and O–H groups in total. The molecule has 90 valence electrons. The van der Waals surface area contributed by atoms with E-state index in [4.69, 9.17) is 9.84 Å². The van der Waals surface area contributed by atoms with E-state index in [1.165, 1.54) is 0 Å². The number of aromatic nitrogens is 2. The maximum atomic E-state index is 9.04. The summed E-state index contributed by atoms with van der Waals surface area (Å²) in [6.45, 7) is 6.54. The number of rotatable bonds is 4. The van der Waals surface area contributed by atoms with Crippen LogP contribution in [0.25, 0.3) is 0 Å². The summed E-state index contributed by atoms with van der Waals surface area (Å²) in [4.78, 5) is 6.51. The summed E-state index contributed by atoms with van der Waals surface area (Å²) in [6, 6.07) is 0. The third-order valence-corrected chi connectivity index (χ3v) is 3.01. The zero-order valence-corrected chi connectivity index (χ0v) is 9.67. The van der Waals surface area contributed by atoms with Crippen LogP contribution in [0.2, 0.25) is 0 Å². The highest BCUT2D eigenvalue weighted by atomic mass is 16.5. The molecular formula is C11H19N3O2. The molecule has 0 aliphatic carbocycles. The van der Waals surface area contributed by atoms with E-state index in [0.29, 0.717) is 6.61 Å². The first-order chi connectivity index (χ1) is 7.79. The predicted octanol–water partition coefficient (Wildman–Crippen LogP) is -0.115. The van der Waals surface area contributed by atoms with E-state index in [-0.39, 0.29) is 12.7 Å². The normalized spacial score (nSPS) is 22.5. The third-order valence-electron chi connectivity index (χ3n) is 3.01. The molecule has 1 fully saturated rings. The van der Waals surface area contributed by atoms with E-state index in [2.05, 4.69) is 14.5 Å². The third kappa shape index (κ3) is 2.81. The number of aliphatic hydroxyl groups excluding tert-OH is 1. The summed E-state index contributed by atoms with van der Waals surface area (Å²) < 4.78 is 7.55. The molecule has 0 spiro atoms. The first-order valence-corrected chi connectivity index (χ1v) is 5.72. The van der Waals surface area contributed by atoms with Crippen molar-refractivity contribution >= 4 is 0 Å². The Hall–Kier alpha value is -0.910. The topological polar surface area (TPSA) is 50.5 Å². The maximum absolute atomic E-state index is 9.04. The summed E-state index contributed by atoms with van der Waals surface area (Å²) in [5, 5.41) is 9.04. The Morgan fingerprint density at radius 3 is 3.12 bits per heavy atom. The van der Waals surface area contributed by atoms with E-state index >= 15 is 0 Å². The van der Waals surface area contributed by atoms with Crippen molar-refractivity contribution in [3.63, 3.8) is 0 Å². The molecule has 1 aliphatic heterocycles. The van der Waals surface area contributed by atoms with Crippen molar-refractivity contribution < 1.29 is 9.84 Å². The smallest absolute Gasteiger partial charge is 0.105 e. The number of aryl methyl sites for hydroxylation is 1. The molecule has 1 unspecified atom stereocenters. The summed E-state index contributed by atoms with van der Waals surface area (Å²) in [7, 11) is 0. The molecule has 0 amide bonds. The molecule has 0 radical (unpaired) electrons. The van der Waals surface area contributed by atoms with Gasteiger partial charge in [-0.1, -0.05) is 0 Å². The minimum Gasteiger partial charge on any atom is -0.394 e. The fourth-order valence-electron chi connectivity index (χ4n) is 1.98. The van der Waals surface area contributed by atoms with Crippen LogP contribution in [0.5, 0.6) is 0 Å². The van der Waals surface area contributed by atoms with Gasteiger partial charge in [0.2, 0.25) is 0 Å². The Labute approximate surface area is 95.7 Å². The quantitative estimate of drug-likeness (QED) is 0.776. The molecule has 1 aliphatic rings. The highest BCUT2D eigenvalue weighted by Gasteiger charge is 2.19. The van der Waals surface area contributed by atoms with Crippen molar-refractivity contribution in [2.24, 2.45) is 0 Å². The standard InChI is InChI=1S/C11H19N3O2/c1-10-12-2-3-14(10)5-4-13-6-7-16-11(8-13)9-15/h2-3,11,15H,4-9H2,1H3. The predicted molar refractivity (Wildman–Crippen MR) is 60.2 cm³/mol. The fraction of sp³-hybridized carbons (Fsp3) is 0.727. The molecule has 5 nitrogen and oxygen atoms in total. The van der Waals surface area contributed by atoms with Crippen LogP contribution >= 0.6 is 0 Å². The van der Waals surface area contributed by atoms with Crippen molar-refractivity contribution in [1.29, 1.82) is 0 Å². The average Bonchev–Trinajstić information content (AvgIpc) is 2.72. The number of ether oxygens (including phenoxy) is 1. The second-order valence-corrected chi connectivity index (χ2v) is 4.14. The minimum atomic E-state index is -0.0161.